The molecule has 1 rings (SSSR count). The molecule has 1 saturated carbocycles. The summed E-state index contributed by atoms with van der Waals surface area (Å²) in [5.74, 6) is -1.24. The molecular formula is C47H81O14P. The number of ether oxygens (including phenoxy) is 2. The van der Waals surface area contributed by atoms with Gasteiger partial charge in [0.1, 0.15) is 43.2 Å². The Labute approximate surface area is 371 Å². The Balaban J connectivity index is 2.55. The van der Waals surface area contributed by atoms with Gasteiger partial charge in [-0.2, -0.15) is 0 Å². The van der Waals surface area contributed by atoms with E-state index in [0.29, 0.717) is 25.7 Å². The number of unbranched alkanes of at least 4 members (excludes halogenated alkanes) is 15. The van der Waals surface area contributed by atoms with Gasteiger partial charge in [0, 0.05) is 12.8 Å². The first-order valence-electron chi connectivity index (χ1n) is 23.2. The summed E-state index contributed by atoms with van der Waals surface area (Å²) in [4.78, 5) is 35.7. The molecule has 4 unspecified atom stereocenters. The number of aliphatic hydroxyl groups excluding tert-OH is 6. The molecule has 1 aliphatic rings. The zero-order valence-corrected chi connectivity index (χ0v) is 38.4. The Morgan fingerprint density at radius 1 is 0.581 bits per heavy atom. The topological polar surface area (TPSA) is 230 Å². The maximum absolute atomic E-state index is 12.8. The monoisotopic (exact) mass is 901 g/mol. The number of esters is 2. The second kappa shape index (κ2) is 36.8. The molecule has 7 N–H and O–H groups in total. The van der Waals surface area contributed by atoms with Crippen LogP contribution in [0.1, 0.15) is 162 Å². The first kappa shape index (κ1) is 57.5. The molecule has 15 heteroatoms. The van der Waals surface area contributed by atoms with E-state index in [1.165, 1.54) is 44.9 Å². The van der Waals surface area contributed by atoms with E-state index in [9.17, 15) is 49.7 Å². The lowest BCUT2D eigenvalue weighted by Gasteiger charge is -2.41. The van der Waals surface area contributed by atoms with E-state index in [4.69, 9.17) is 18.5 Å². The molecule has 9 atom stereocenters. The summed E-state index contributed by atoms with van der Waals surface area (Å²) >= 11 is 0. The molecular weight excluding hydrogens is 819 g/mol. The summed E-state index contributed by atoms with van der Waals surface area (Å²) < 4.78 is 33.4. The van der Waals surface area contributed by atoms with Crippen molar-refractivity contribution in [2.24, 2.45) is 0 Å². The van der Waals surface area contributed by atoms with Crippen molar-refractivity contribution in [2.45, 2.75) is 210 Å². The number of allylic oxidation sites excluding steroid dienone is 8. The van der Waals surface area contributed by atoms with Crippen LogP contribution in [0.4, 0.5) is 0 Å². The number of aliphatic hydroxyl groups is 6. The third kappa shape index (κ3) is 29.1. The van der Waals surface area contributed by atoms with E-state index >= 15 is 0 Å². The Kier molecular flexibility index (Phi) is 34.2. The normalized spacial score (nSPS) is 22.9. The summed E-state index contributed by atoms with van der Waals surface area (Å²) in [5.41, 5.74) is 0. The van der Waals surface area contributed by atoms with Gasteiger partial charge in [0.2, 0.25) is 0 Å². The summed E-state index contributed by atoms with van der Waals surface area (Å²) in [6.07, 6.45) is 27.2. The minimum atomic E-state index is -5.15. The van der Waals surface area contributed by atoms with Crippen LogP contribution in [0.25, 0.3) is 0 Å². The number of carbonyl (C=O) groups excluding carboxylic acids is 2. The number of hydrogen-bond acceptors (Lipinski definition) is 13. The van der Waals surface area contributed by atoms with E-state index in [1.807, 2.05) is 18.2 Å². The van der Waals surface area contributed by atoms with Crippen LogP contribution >= 0.6 is 7.82 Å². The fourth-order valence-corrected chi connectivity index (χ4v) is 7.56. The number of hydrogen-bond donors (Lipinski definition) is 7. The number of phosphoric ester groups is 1. The average Bonchev–Trinajstić information content (AvgIpc) is 3.25. The Hall–Kier alpha value is -2.49. The molecule has 0 spiro atoms. The third-order valence-electron chi connectivity index (χ3n) is 10.4. The fraction of sp³-hybridized carbons (Fsp3) is 0.745. The number of carbonyl (C=O) groups is 2. The Morgan fingerprint density at radius 2 is 1.08 bits per heavy atom. The molecule has 1 fully saturated rings. The Bertz CT molecular complexity index is 1330. The van der Waals surface area contributed by atoms with Gasteiger partial charge in [-0.1, -0.05) is 139 Å². The van der Waals surface area contributed by atoms with E-state index < -0.39 is 81.8 Å². The van der Waals surface area contributed by atoms with Gasteiger partial charge in [0.25, 0.3) is 0 Å². The largest absolute Gasteiger partial charge is 0.472 e. The van der Waals surface area contributed by atoms with Crippen LogP contribution in [0.5, 0.6) is 0 Å². The van der Waals surface area contributed by atoms with Crippen LogP contribution in [-0.4, -0.2) is 110 Å². The van der Waals surface area contributed by atoms with Gasteiger partial charge in [-0.05, 0) is 70.6 Å². The predicted octanol–water partition coefficient (Wildman–Crippen LogP) is 7.92. The zero-order chi connectivity index (χ0) is 45.9. The van der Waals surface area contributed by atoms with E-state index in [0.717, 1.165) is 64.2 Å². The molecule has 14 nitrogen and oxygen atoms in total. The maximum Gasteiger partial charge on any atom is 0.472 e. The highest BCUT2D eigenvalue weighted by molar-refractivity contribution is 7.47. The van der Waals surface area contributed by atoms with Crippen LogP contribution in [0.15, 0.2) is 60.8 Å². The van der Waals surface area contributed by atoms with Crippen molar-refractivity contribution in [3.8, 4) is 0 Å². The first-order chi connectivity index (χ1) is 29.8. The summed E-state index contributed by atoms with van der Waals surface area (Å²) in [7, 11) is -5.15. The number of phosphoric acid groups is 1. The lowest BCUT2D eigenvalue weighted by Crippen LogP contribution is -2.64. The molecule has 358 valence electrons. The molecule has 0 aliphatic heterocycles. The minimum Gasteiger partial charge on any atom is -0.462 e. The minimum absolute atomic E-state index is 0.0292. The van der Waals surface area contributed by atoms with Crippen molar-refractivity contribution in [1.82, 2.24) is 0 Å². The van der Waals surface area contributed by atoms with Crippen molar-refractivity contribution in [2.75, 3.05) is 13.2 Å². The molecule has 1 aliphatic carbocycles. The fourth-order valence-electron chi connectivity index (χ4n) is 6.59. The zero-order valence-electron chi connectivity index (χ0n) is 37.5. The van der Waals surface area contributed by atoms with Gasteiger partial charge >= 0.3 is 19.8 Å². The summed E-state index contributed by atoms with van der Waals surface area (Å²) in [6.45, 7) is 3.12. The molecule has 0 aromatic rings. The van der Waals surface area contributed by atoms with Gasteiger partial charge in [-0.25, -0.2) is 4.57 Å². The molecule has 0 aromatic carbocycles. The summed E-state index contributed by atoms with van der Waals surface area (Å²) in [5, 5.41) is 60.3. The Morgan fingerprint density at radius 3 is 1.73 bits per heavy atom. The van der Waals surface area contributed by atoms with Gasteiger partial charge < -0.3 is 45.0 Å². The van der Waals surface area contributed by atoms with Crippen LogP contribution in [0, 0.1) is 0 Å². The van der Waals surface area contributed by atoms with Crippen molar-refractivity contribution in [3.63, 3.8) is 0 Å². The van der Waals surface area contributed by atoms with E-state index in [1.54, 1.807) is 18.2 Å². The standard InChI is InChI=1S/C47H81O14P/c1-3-5-7-9-11-13-14-15-16-17-18-20-22-26-31-35-41(50)60-39(37-59-62(56,57)61-47-45(54)43(52)42(51)44(53)46(47)55)36-58-40(49)34-30-27-23-25-29-33-38(48)32-28-24-21-19-12-10-8-6-4-2/h12-14,19,23-25,28-29,33,38-39,42-48,51-55H,3-11,15-18,20-22,26-27,30-32,34-37H2,1-2H3,(H,56,57)/b14-13-,19-12-,25-23+,28-24-,33-29-/t38?,39-,42?,43-,44+,45-,46-,47?/m1/s1. The quantitative estimate of drug-likeness (QED) is 0.0103. The maximum atomic E-state index is 12.8. The highest BCUT2D eigenvalue weighted by Crippen LogP contribution is 2.47. The molecule has 0 aromatic heterocycles. The van der Waals surface area contributed by atoms with Crippen LogP contribution in [0.2, 0.25) is 0 Å². The highest BCUT2D eigenvalue weighted by Gasteiger charge is 2.51. The SMILES string of the molecule is CCCCC/C=C\C/C=C\CC(O)/C=C\C=C\CCCC(=O)OC[C@H](COP(=O)(O)OC1[C@H](O)[C@H](O)C(O)[C@H](O)[C@H]1O)OC(=O)CCCCCCCCC/C=C\CCCCCC. The smallest absolute Gasteiger partial charge is 0.462 e. The molecule has 0 saturated heterocycles. The lowest BCUT2D eigenvalue weighted by atomic mass is 9.85. The van der Waals surface area contributed by atoms with Crippen LogP contribution in [0.3, 0.4) is 0 Å². The van der Waals surface area contributed by atoms with Gasteiger partial charge in [-0.3, -0.25) is 18.6 Å². The van der Waals surface area contributed by atoms with Crippen LogP contribution < -0.4 is 0 Å². The average molecular weight is 901 g/mol. The first-order valence-corrected chi connectivity index (χ1v) is 24.7. The van der Waals surface area contributed by atoms with Gasteiger partial charge in [-0.15, -0.1) is 0 Å². The van der Waals surface area contributed by atoms with Gasteiger partial charge in [0.05, 0.1) is 12.7 Å². The van der Waals surface area contributed by atoms with Crippen LogP contribution in [-0.2, 0) is 32.7 Å². The van der Waals surface area contributed by atoms with Crippen molar-refractivity contribution in [1.29, 1.82) is 0 Å². The van der Waals surface area contributed by atoms with E-state index in [-0.39, 0.29) is 12.8 Å². The van der Waals surface area contributed by atoms with E-state index in [2.05, 4.69) is 38.2 Å². The van der Waals surface area contributed by atoms with Gasteiger partial charge in [0.15, 0.2) is 6.10 Å². The molecule has 0 heterocycles. The molecule has 0 amide bonds. The predicted molar refractivity (Wildman–Crippen MR) is 241 cm³/mol. The molecule has 62 heavy (non-hydrogen) atoms. The lowest BCUT2D eigenvalue weighted by molar-refractivity contribution is -0.220. The summed E-state index contributed by atoms with van der Waals surface area (Å²) in [6, 6.07) is 0. The molecule has 0 radical (unpaired) electrons. The van der Waals surface area contributed by atoms with Crippen molar-refractivity contribution >= 4 is 19.8 Å². The second-order valence-electron chi connectivity index (χ2n) is 16.1. The second-order valence-corrected chi connectivity index (χ2v) is 17.5. The third-order valence-corrected chi connectivity index (χ3v) is 11.4. The van der Waals surface area contributed by atoms with Crippen molar-refractivity contribution in [3.05, 3.63) is 60.8 Å². The molecule has 0 bridgehead atoms. The number of rotatable bonds is 37. The van der Waals surface area contributed by atoms with Crippen molar-refractivity contribution < 1.29 is 68.2 Å². The highest BCUT2D eigenvalue weighted by atomic mass is 31.2.